The molecule has 0 bridgehead atoms. The van der Waals surface area contributed by atoms with Crippen LogP contribution in [0.25, 0.3) is 16.7 Å². The fourth-order valence-electron chi connectivity index (χ4n) is 5.45. The summed E-state index contributed by atoms with van der Waals surface area (Å²) < 4.78 is 29.1. The van der Waals surface area contributed by atoms with Gasteiger partial charge in [0.1, 0.15) is 5.75 Å². The van der Waals surface area contributed by atoms with Gasteiger partial charge in [0.05, 0.1) is 13.2 Å². The molecule has 0 aliphatic carbocycles. The van der Waals surface area contributed by atoms with Crippen molar-refractivity contribution in [2.24, 2.45) is 10.7 Å². The van der Waals surface area contributed by atoms with E-state index in [0.29, 0.717) is 42.7 Å². The van der Waals surface area contributed by atoms with E-state index in [1.807, 2.05) is 49.4 Å². The Morgan fingerprint density at radius 3 is 2.78 bits per heavy atom. The molecular weight excluding hydrogens is 457 g/mol. The van der Waals surface area contributed by atoms with Gasteiger partial charge in [0.2, 0.25) is 5.96 Å². The summed E-state index contributed by atoms with van der Waals surface area (Å²) in [4.78, 5) is 14.1. The molecule has 0 saturated heterocycles. The maximum atomic E-state index is 15.7. The first kappa shape index (κ1) is 21.0. The van der Waals surface area contributed by atoms with Crippen LogP contribution in [0.5, 0.6) is 11.5 Å². The Bertz CT molecular complexity index is 1620. The fourth-order valence-corrected chi connectivity index (χ4v) is 5.45. The highest BCUT2D eigenvalue weighted by atomic mass is 19.1. The lowest BCUT2D eigenvalue weighted by molar-refractivity contribution is 0.161. The van der Waals surface area contributed by atoms with Crippen LogP contribution in [0.2, 0.25) is 0 Å². The lowest BCUT2D eigenvalue weighted by atomic mass is 9.78. The van der Waals surface area contributed by atoms with Crippen LogP contribution in [-0.4, -0.2) is 33.7 Å². The summed E-state index contributed by atoms with van der Waals surface area (Å²) in [6.07, 6.45) is 7.92. The first-order valence-corrected chi connectivity index (χ1v) is 11.8. The van der Waals surface area contributed by atoms with Gasteiger partial charge in [-0.15, -0.1) is 0 Å². The standard InChI is InChI=1S/C28H22FN5O2/c1-16-20(3-2-8-31-16)18-4-5-24-21(13-18)28(26-32-9-10-34(26)27(30)33-28)22-14-19(15-23(29)25(22)36-24)17-6-11-35-12-7-17/h2-6,8-10,13-15H,7,11-12H2,1H3,(H2,30,33). The van der Waals surface area contributed by atoms with Gasteiger partial charge in [0.25, 0.3) is 0 Å². The Balaban J connectivity index is 1.53. The second-order valence-electron chi connectivity index (χ2n) is 9.14. The first-order chi connectivity index (χ1) is 17.6. The van der Waals surface area contributed by atoms with Gasteiger partial charge in [-0.1, -0.05) is 18.2 Å². The largest absolute Gasteiger partial charge is 0.453 e. The molecule has 1 atom stereocenters. The second-order valence-corrected chi connectivity index (χ2v) is 9.14. The van der Waals surface area contributed by atoms with Crippen LogP contribution in [0.15, 0.2) is 72.1 Å². The molecule has 3 aliphatic rings. The number of rotatable bonds is 2. The Morgan fingerprint density at radius 1 is 1.06 bits per heavy atom. The van der Waals surface area contributed by atoms with Crippen LogP contribution in [0.4, 0.5) is 4.39 Å². The van der Waals surface area contributed by atoms with Crippen molar-refractivity contribution in [2.75, 3.05) is 13.2 Å². The van der Waals surface area contributed by atoms with Crippen molar-refractivity contribution in [3.8, 4) is 22.6 Å². The van der Waals surface area contributed by atoms with Crippen LogP contribution in [0, 0.1) is 12.7 Å². The maximum absolute atomic E-state index is 15.7. The van der Waals surface area contributed by atoms with Crippen molar-refractivity contribution in [1.82, 2.24) is 14.5 Å². The predicted molar refractivity (Wildman–Crippen MR) is 133 cm³/mol. The number of pyridine rings is 1. The predicted octanol–water partition coefficient (Wildman–Crippen LogP) is 4.77. The number of nitrogens with two attached hydrogens (primary N) is 1. The molecular formula is C28H22FN5O2. The highest BCUT2D eigenvalue weighted by molar-refractivity contribution is 5.88. The number of fused-ring (bicyclic) bond motifs is 6. The van der Waals surface area contributed by atoms with E-state index in [1.54, 1.807) is 23.2 Å². The molecule has 1 unspecified atom stereocenters. The molecule has 3 aliphatic heterocycles. The van der Waals surface area contributed by atoms with E-state index in [0.717, 1.165) is 33.5 Å². The third-order valence-corrected chi connectivity index (χ3v) is 7.16. The van der Waals surface area contributed by atoms with Gasteiger partial charge >= 0.3 is 0 Å². The SMILES string of the molecule is Cc1ncccc1-c1ccc2c(c1)C1(N=C(N)n3ccnc31)c1cc(C3=CCOCC3)cc(F)c1O2. The molecule has 2 aromatic heterocycles. The van der Waals surface area contributed by atoms with Crippen LogP contribution in [-0.2, 0) is 10.3 Å². The minimum atomic E-state index is -1.16. The lowest BCUT2D eigenvalue weighted by Gasteiger charge is -2.35. The highest BCUT2D eigenvalue weighted by Gasteiger charge is 2.51. The second kappa shape index (κ2) is 7.60. The van der Waals surface area contributed by atoms with E-state index in [4.69, 9.17) is 20.2 Å². The minimum absolute atomic E-state index is 0.136. The summed E-state index contributed by atoms with van der Waals surface area (Å²) in [5.74, 6) is 1.09. The Labute approximate surface area is 206 Å². The van der Waals surface area contributed by atoms with E-state index in [9.17, 15) is 0 Å². The van der Waals surface area contributed by atoms with E-state index in [1.165, 1.54) is 6.07 Å². The number of hydrogen-bond donors (Lipinski definition) is 1. The molecule has 4 aromatic rings. The number of hydrogen-bond acceptors (Lipinski definition) is 6. The quantitative estimate of drug-likeness (QED) is 0.448. The van der Waals surface area contributed by atoms with E-state index in [-0.39, 0.29) is 5.75 Å². The number of aliphatic imine (C=N–C) groups is 1. The molecule has 2 N–H and O–H groups in total. The average Bonchev–Trinajstić information content (AvgIpc) is 3.49. The van der Waals surface area contributed by atoms with Crippen LogP contribution in [0.3, 0.4) is 0 Å². The monoisotopic (exact) mass is 479 g/mol. The van der Waals surface area contributed by atoms with Crippen LogP contribution in [0.1, 0.15) is 34.6 Å². The van der Waals surface area contributed by atoms with Gasteiger partial charge in [-0.25, -0.2) is 14.4 Å². The maximum Gasteiger partial charge on any atom is 0.202 e. The van der Waals surface area contributed by atoms with Gasteiger partial charge in [-0.3, -0.25) is 9.55 Å². The molecule has 7 rings (SSSR count). The summed E-state index contributed by atoms with van der Waals surface area (Å²) >= 11 is 0. The molecule has 1 spiro atoms. The van der Waals surface area contributed by atoms with Crippen molar-refractivity contribution in [3.63, 3.8) is 0 Å². The zero-order chi connectivity index (χ0) is 24.4. The third-order valence-electron chi connectivity index (χ3n) is 7.16. The summed E-state index contributed by atoms with van der Waals surface area (Å²) in [6.45, 7) is 3.07. The van der Waals surface area contributed by atoms with Crippen molar-refractivity contribution in [3.05, 3.63) is 101 Å². The van der Waals surface area contributed by atoms with Crippen molar-refractivity contribution >= 4 is 11.5 Å². The van der Waals surface area contributed by atoms with Crippen LogP contribution < -0.4 is 10.5 Å². The number of aryl methyl sites for hydroxylation is 1. The molecule has 8 heteroatoms. The number of imidazole rings is 1. The summed E-state index contributed by atoms with van der Waals surface area (Å²) in [6, 6.07) is 13.3. The molecule has 0 saturated carbocycles. The first-order valence-electron chi connectivity index (χ1n) is 11.8. The Morgan fingerprint density at radius 2 is 1.94 bits per heavy atom. The number of ether oxygens (including phenoxy) is 2. The van der Waals surface area contributed by atoms with Gasteiger partial charge in [0, 0.05) is 41.0 Å². The summed E-state index contributed by atoms with van der Waals surface area (Å²) in [5.41, 5.74) is 11.2. The number of nitrogens with zero attached hydrogens (tertiary/aromatic N) is 4. The molecule has 0 fully saturated rings. The summed E-state index contributed by atoms with van der Waals surface area (Å²) in [7, 11) is 0. The average molecular weight is 480 g/mol. The Kier molecular flexibility index (Phi) is 4.44. The van der Waals surface area contributed by atoms with Gasteiger partial charge in [-0.05, 0) is 60.4 Å². The van der Waals surface area contributed by atoms with Crippen LogP contribution >= 0.6 is 0 Å². The van der Waals surface area contributed by atoms with Gasteiger partial charge < -0.3 is 15.2 Å². The molecule has 0 amide bonds. The number of aromatic nitrogens is 3. The van der Waals surface area contributed by atoms with E-state index in [2.05, 4.69) is 9.97 Å². The minimum Gasteiger partial charge on any atom is -0.453 e. The molecule has 0 radical (unpaired) electrons. The van der Waals surface area contributed by atoms with E-state index >= 15 is 4.39 Å². The summed E-state index contributed by atoms with van der Waals surface area (Å²) in [5, 5.41) is 0. The highest BCUT2D eigenvalue weighted by Crippen LogP contribution is 2.55. The smallest absolute Gasteiger partial charge is 0.202 e. The molecule has 2 aromatic carbocycles. The zero-order valence-electron chi connectivity index (χ0n) is 19.5. The third kappa shape index (κ3) is 2.85. The van der Waals surface area contributed by atoms with Crippen molar-refractivity contribution in [1.29, 1.82) is 0 Å². The zero-order valence-corrected chi connectivity index (χ0v) is 19.5. The van der Waals surface area contributed by atoms with Gasteiger partial charge in [0.15, 0.2) is 22.9 Å². The topological polar surface area (TPSA) is 87.6 Å². The molecule has 7 nitrogen and oxygen atoms in total. The number of benzene rings is 2. The molecule has 36 heavy (non-hydrogen) atoms. The normalized spacial score (nSPS) is 19.7. The van der Waals surface area contributed by atoms with Crippen molar-refractivity contribution < 1.29 is 13.9 Å². The molecule has 178 valence electrons. The molecule has 5 heterocycles. The van der Waals surface area contributed by atoms with Gasteiger partial charge in [-0.2, -0.15) is 0 Å². The van der Waals surface area contributed by atoms with Crippen molar-refractivity contribution in [2.45, 2.75) is 18.9 Å². The fraction of sp³-hybridized carbons (Fsp3) is 0.179. The van der Waals surface area contributed by atoms with E-state index < -0.39 is 11.4 Å². The Hall–Kier alpha value is -4.30. The number of halogens is 1. The lowest BCUT2D eigenvalue weighted by Crippen LogP contribution is -2.31.